The summed E-state index contributed by atoms with van der Waals surface area (Å²) in [5.74, 6) is -1.62. The molecule has 2 aliphatic rings. The number of carbonyl (C=O) groups excluding carboxylic acids is 1. The molecule has 1 amide bonds. The summed E-state index contributed by atoms with van der Waals surface area (Å²) in [5.41, 5.74) is -1.07. The van der Waals surface area contributed by atoms with Crippen LogP contribution in [0, 0.1) is 5.82 Å². The van der Waals surface area contributed by atoms with Crippen molar-refractivity contribution in [2.45, 2.75) is 12.7 Å². The normalized spacial score (nSPS) is 17.0. The van der Waals surface area contributed by atoms with Crippen LogP contribution in [-0.2, 0) is 17.5 Å². The fraction of sp³-hybridized carbons (Fsp3) is 0.393. The van der Waals surface area contributed by atoms with Crippen molar-refractivity contribution in [1.82, 2.24) is 20.0 Å². The van der Waals surface area contributed by atoms with Crippen LogP contribution in [0.15, 0.2) is 47.3 Å². The number of H-pyrrole nitrogens is 1. The van der Waals surface area contributed by atoms with E-state index in [-0.39, 0.29) is 5.69 Å². The first kappa shape index (κ1) is 28.7. The summed E-state index contributed by atoms with van der Waals surface area (Å²) in [4.78, 5) is 31.0. The van der Waals surface area contributed by atoms with Crippen LogP contribution < -0.4 is 15.8 Å². The first-order valence-electron chi connectivity index (χ1n) is 13.2. The zero-order valence-electron chi connectivity index (χ0n) is 22.4. The minimum absolute atomic E-state index is 0.205. The number of rotatable bonds is 6. The summed E-state index contributed by atoms with van der Waals surface area (Å²) in [7, 11) is 1.98. The fourth-order valence-electron chi connectivity index (χ4n) is 5.01. The smallest absolute Gasteiger partial charge is 0.379 e. The van der Waals surface area contributed by atoms with Gasteiger partial charge in [0.1, 0.15) is 5.82 Å². The molecule has 2 aromatic carbocycles. The number of ether oxygens (including phenoxy) is 1. The van der Waals surface area contributed by atoms with Gasteiger partial charge < -0.3 is 19.9 Å². The zero-order valence-corrected chi connectivity index (χ0v) is 22.4. The lowest BCUT2D eigenvalue weighted by Gasteiger charge is -2.35. The summed E-state index contributed by atoms with van der Waals surface area (Å²) in [6.45, 7) is 6.12. The number of alkyl halides is 3. The summed E-state index contributed by atoms with van der Waals surface area (Å²) in [6.07, 6.45) is -4.97. The van der Waals surface area contributed by atoms with Crippen LogP contribution in [0.4, 0.5) is 28.9 Å². The van der Waals surface area contributed by atoms with Crippen LogP contribution in [0.1, 0.15) is 21.6 Å². The van der Waals surface area contributed by atoms with E-state index in [1.807, 2.05) is 17.0 Å². The highest BCUT2D eigenvalue weighted by Gasteiger charge is 2.37. The highest BCUT2D eigenvalue weighted by atomic mass is 19.4. The Morgan fingerprint density at radius 3 is 2.46 bits per heavy atom. The number of morpholine rings is 1. The van der Waals surface area contributed by atoms with Gasteiger partial charge in [0.05, 0.1) is 30.2 Å². The second kappa shape index (κ2) is 12.0. The average molecular weight is 575 g/mol. The molecule has 5 rings (SSSR count). The van der Waals surface area contributed by atoms with Gasteiger partial charge in [0.15, 0.2) is 5.69 Å². The molecule has 0 atom stereocenters. The molecule has 0 spiro atoms. The van der Waals surface area contributed by atoms with Crippen LogP contribution in [0.2, 0.25) is 0 Å². The molecule has 13 heteroatoms. The molecule has 2 saturated heterocycles. The van der Waals surface area contributed by atoms with E-state index < -0.39 is 34.7 Å². The van der Waals surface area contributed by atoms with E-state index in [1.165, 1.54) is 6.07 Å². The number of hydrogen-bond donors (Lipinski definition) is 2. The molecule has 2 N–H and O–H groups in total. The van der Waals surface area contributed by atoms with Crippen molar-refractivity contribution in [2.24, 2.45) is 0 Å². The number of halogens is 4. The maximum atomic E-state index is 15.1. The van der Waals surface area contributed by atoms with Gasteiger partial charge in [-0.3, -0.25) is 14.5 Å². The van der Waals surface area contributed by atoms with Gasteiger partial charge in [-0.2, -0.15) is 18.3 Å². The maximum absolute atomic E-state index is 15.1. The second-order valence-corrected chi connectivity index (χ2v) is 10.2. The molecule has 0 saturated carbocycles. The predicted octanol–water partition coefficient (Wildman–Crippen LogP) is 3.43. The predicted molar refractivity (Wildman–Crippen MR) is 145 cm³/mol. The van der Waals surface area contributed by atoms with Gasteiger partial charge in [-0.1, -0.05) is 12.1 Å². The third-order valence-electron chi connectivity index (χ3n) is 7.27. The molecule has 3 aromatic rings. The Morgan fingerprint density at radius 2 is 1.76 bits per heavy atom. The van der Waals surface area contributed by atoms with Gasteiger partial charge in [-0.15, -0.1) is 0 Å². The first-order chi connectivity index (χ1) is 19.6. The molecule has 0 radical (unpaired) electrons. The van der Waals surface area contributed by atoms with Gasteiger partial charge in [0.2, 0.25) is 0 Å². The van der Waals surface area contributed by atoms with Gasteiger partial charge >= 0.3 is 6.18 Å². The van der Waals surface area contributed by atoms with E-state index in [2.05, 4.69) is 20.2 Å². The topological polar surface area (TPSA) is 93.8 Å². The number of benzene rings is 2. The maximum Gasteiger partial charge on any atom is 0.418 e. The Morgan fingerprint density at radius 1 is 1.02 bits per heavy atom. The van der Waals surface area contributed by atoms with Gasteiger partial charge in [-0.05, 0) is 42.4 Å². The second-order valence-electron chi connectivity index (χ2n) is 10.2. The Balaban J connectivity index is 1.51. The molecule has 0 bridgehead atoms. The van der Waals surface area contributed by atoms with E-state index in [0.29, 0.717) is 55.7 Å². The lowest BCUT2D eigenvalue weighted by atomic mass is 10.00. The van der Waals surface area contributed by atoms with E-state index in [0.717, 1.165) is 31.7 Å². The number of amides is 1. The quantitative estimate of drug-likeness (QED) is 0.436. The molecule has 0 aliphatic carbocycles. The van der Waals surface area contributed by atoms with Crippen molar-refractivity contribution in [3.8, 4) is 11.1 Å². The van der Waals surface area contributed by atoms with Crippen molar-refractivity contribution in [3.63, 3.8) is 0 Å². The molecule has 3 heterocycles. The molecule has 9 nitrogen and oxygen atoms in total. The molecule has 2 fully saturated rings. The highest BCUT2D eigenvalue weighted by molar-refractivity contribution is 6.06. The van der Waals surface area contributed by atoms with Gasteiger partial charge in [0.25, 0.3) is 11.5 Å². The van der Waals surface area contributed by atoms with E-state index >= 15 is 4.39 Å². The average Bonchev–Trinajstić information content (AvgIpc) is 2.94. The SMILES string of the molecule is CN1CCN(c2ccc(-c3cc(CN4CCOCC4)ccc3F)cc2NC(=O)c2n[nH]c(=O)cc2C(F)(F)F)CC1. The molecule has 41 heavy (non-hydrogen) atoms. The third-order valence-corrected chi connectivity index (χ3v) is 7.27. The molecule has 1 aromatic heterocycles. The number of piperazine rings is 1. The number of anilines is 2. The van der Waals surface area contributed by atoms with Crippen molar-refractivity contribution in [1.29, 1.82) is 0 Å². The zero-order chi connectivity index (χ0) is 29.1. The molecular formula is C28H30F4N6O3. The number of likely N-dealkylation sites (N-methyl/N-ethyl adjacent to an activating group) is 1. The Hall–Kier alpha value is -3.81. The molecule has 218 valence electrons. The number of hydrogen-bond acceptors (Lipinski definition) is 7. The summed E-state index contributed by atoms with van der Waals surface area (Å²) in [6, 6.07) is 10.2. The number of aromatic nitrogens is 2. The van der Waals surface area contributed by atoms with Crippen molar-refractivity contribution in [2.75, 3.05) is 69.7 Å². The molecule has 2 aliphatic heterocycles. The van der Waals surface area contributed by atoms with Gasteiger partial charge in [-0.25, -0.2) is 9.49 Å². The van der Waals surface area contributed by atoms with Crippen LogP contribution in [0.25, 0.3) is 11.1 Å². The molecular weight excluding hydrogens is 544 g/mol. The third kappa shape index (κ3) is 6.75. The van der Waals surface area contributed by atoms with Crippen molar-refractivity contribution < 1.29 is 27.1 Å². The number of aromatic amines is 1. The number of nitrogens with one attached hydrogen (secondary N) is 2. The summed E-state index contributed by atoms with van der Waals surface area (Å²) in [5, 5.41) is 7.85. The van der Waals surface area contributed by atoms with E-state index in [4.69, 9.17) is 4.74 Å². The van der Waals surface area contributed by atoms with Crippen molar-refractivity contribution in [3.05, 3.63) is 75.5 Å². The molecule has 0 unspecified atom stereocenters. The van der Waals surface area contributed by atoms with Crippen LogP contribution >= 0.6 is 0 Å². The Kier molecular flexibility index (Phi) is 8.38. The Bertz CT molecular complexity index is 1460. The van der Waals surface area contributed by atoms with E-state index in [1.54, 1.807) is 30.3 Å². The van der Waals surface area contributed by atoms with Crippen molar-refractivity contribution >= 4 is 17.3 Å². The minimum atomic E-state index is -4.97. The van der Waals surface area contributed by atoms with E-state index in [9.17, 15) is 22.8 Å². The summed E-state index contributed by atoms with van der Waals surface area (Å²) < 4.78 is 61.4. The number of nitrogens with zero attached hydrogens (tertiary/aromatic N) is 4. The standard InChI is InChI=1S/C28H30F4N6O3/c1-36-6-8-38(9-7-36)24-5-3-19(20-14-18(2-4-22(20)29)17-37-10-12-41-13-11-37)15-23(24)33-27(40)26-21(28(30,31)32)16-25(39)34-35-26/h2-5,14-16H,6-13,17H2,1H3,(H,33,40)(H,34,39). The Labute approximate surface area is 233 Å². The highest BCUT2D eigenvalue weighted by Crippen LogP contribution is 2.35. The van der Waals surface area contributed by atoms with Gasteiger partial charge in [0, 0.05) is 57.4 Å². The first-order valence-corrected chi connectivity index (χ1v) is 13.2. The largest absolute Gasteiger partial charge is 0.418 e. The van der Waals surface area contributed by atoms with Crippen LogP contribution in [-0.4, -0.2) is 85.4 Å². The minimum Gasteiger partial charge on any atom is -0.379 e. The monoisotopic (exact) mass is 574 g/mol. The number of carbonyl (C=O) groups is 1. The lowest BCUT2D eigenvalue weighted by molar-refractivity contribution is -0.138. The lowest BCUT2D eigenvalue weighted by Crippen LogP contribution is -2.44. The van der Waals surface area contributed by atoms with Crippen LogP contribution in [0.3, 0.4) is 0 Å². The van der Waals surface area contributed by atoms with Crippen LogP contribution in [0.5, 0.6) is 0 Å². The fourth-order valence-corrected chi connectivity index (χ4v) is 5.01. The summed E-state index contributed by atoms with van der Waals surface area (Å²) >= 11 is 0.